The van der Waals surface area contributed by atoms with Crippen LogP contribution in [0.25, 0.3) is 22.6 Å². The van der Waals surface area contributed by atoms with Gasteiger partial charge < -0.3 is 14.5 Å². The average Bonchev–Trinajstić information content (AvgIpc) is 3.22. The first-order valence-electron chi connectivity index (χ1n) is 10.4. The van der Waals surface area contributed by atoms with Gasteiger partial charge in [0.05, 0.1) is 12.7 Å². The number of oxazole rings is 1. The second-order valence-corrected chi connectivity index (χ2v) is 7.22. The molecule has 3 aromatic rings. The molecule has 0 aliphatic heterocycles. The van der Waals surface area contributed by atoms with E-state index in [0.717, 1.165) is 42.7 Å². The number of nitrogens with one attached hydrogen (secondary N) is 1. The van der Waals surface area contributed by atoms with E-state index in [9.17, 15) is 4.79 Å². The van der Waals surface area contributed by atoms with Crippen LogP contribution < -0.4 is 10.1 Å². The maximum Gasteiger partial charge on any atom is 0.255 e. The number of ether oxygens (including phenoxy) is 1. The molecule has 0 saturated carbocycles. The maximum atomic E-state index is 13.0. The summed E-state index contributed by atoms with van der Waals surface area (Å²) in [5.74, 6) is 1.08. The number of aliphatic imine (C=N–C) groups is 1. The lowest BCUT2D eigenvalue weighted by Crippen LogP contribution is -2.36. The lowest BCUT2D eigenvalue weighted by molar-refractivity contribution is 0.0938. The van der Waals surface area contributed by atoms with Gasteiger partial charge in [0.15, 0.2) is 5.58 Å². The number of methoxy groups -OCH3 is 1. The van der Waals surface area contributed by atoms with Crippen molar-refractivity contribution in [2.45, 2.75) is 45.6 Å². The quantitative estimate of drug-likeness (QED) is 0.490. The molecule has 6 nitrogen and oxygen atoms in total. The predicted molar refractivity (Wildman–Crippen MR) is 120 cm³/mol. The summed E-state index contributed by atoms with van der Waals surface area (Å²) in [7, 11) is 3.44. The van der Waals surface area contributed by atoms with Crippen molar-refractivity contribution < 1.29 is 13.9 Å². The summed E-state index contributed by atoms with van der Waals surface area (Å²) >= 11 is 0. The normalized spacial score (nSPS) is 12.7. The first-order chi connectivity index (χ1) is 14.6. The molecule has 0 bridgehead atoms. The third-order valence-electron chi connectivity index (χ3n) is 5.16. The summed E-state index contributed by atoms with van der Waals surface area (Å²) in [4.78, 5) is 22.0. The van der Waals surface area contributed by atoms with Gasteiger partial charge in [0.1, 0.15) is 11.3 Å². The van der Waals surface area contributed by atoms with Crippen molar-refractivity contribution >= 4 is 22.7 Å². The third kappa shape index (κ3) is 4.87. The Morgan fingerprint density at radius 2 is 1.97 bits per heavy atom. The van der Waals surface area contributed by atoms with Crippen molar-refractivity contribution in [3.8, 4) is 17.2 Å². The second-order valence-electron chi connectivity index (χ2n) is 7.22. The van der Waals surface area contributed by atoms with E-state index in [1.807, 2.05) is 43.4 Å². The zero-order valence-corrected chi connectivity index (χ0v) is 18.1. The summed E-state index contributed by atoms with van der Waals surface area (Å²) in [5, 5.41) is 3.14. The molecule has 0 radical (unpaired) electrons. The van der Waals surface area contributed by atoms with Crippen molar-refractivity contribution in [1.82, 2.24) is 10.3 Å². The highest BCUT2D eigenvalue weighted by Crippen LogP contribution is 2.28. The van der Waals surface area contributed by atoms with Crippen molar-refractivity contribution in [2.24, 2.45) is 4.99 Å². The number of amides is 1. The summed E-state index contributed by atoms with van der Waals surface area (Å²) in [6, 6.07) is 13.0. The number of para-hydroxylation sites is 1. The van der Waals surface area contributed by atoms with Crippen LogP contribution in [0.3, 0.4) is 0 Å². The molecular formula is C24H29N3O3. The van der Waals surface area contributed by atoms with E-state index in [2.05, 4.69) is 29.1 Å². The highest BCUT2D eigenvalue weighted by atomic mass is 16.5. The van der Waals surface area contributed by atoms with Gasteiger partial charge in [-0.3, -0.25) is 9.79 Å². The molecule has 6 heteroatoms. The van der Waals surface area contributed by atoms with Gasteiger partial charge in [-0.1, -0.05) is 26.3 Å². The van der Waals surface area contributed by atoms with Crippen LogP contribution in [-0.2, 0) is 0 Å². The first kappa shape index (κ1) is 21.6. The van der Waals surface area contributed by atoms with Crippen molar-refractivity contribution in [2.75, 3.05) is 14.2 Å². The van der Waals surface area contributed by atoms with Crippen molar-refractivity contribution in [3.63, 3.8) is 0 Å². The van der Waals surface area contributed by atoms with Gasteiger partial charge in [0.2, 0.25) is 5.89 Å². The second kappa shape index (κ2) is 10.1. The summed E-state index contributed by atoms with van der Waals surface area (Å²) in [6.45, 7) is 4.21. The van der Waals surface area contributed by atoms with Gasteiger partial charge in [0, 0.05) is 30.8 Å². The minimum Gasteiger partial charge on any atom is -0.497 e. The standard InChI is InChI=1S/C24H29N3O3/c1-5-8-18(25-3)15-17(6-2)26-23(28)20-9-7-10-21-22(20)30-24(27-21)16-11-13-19(29-4)14-12-16/h7,9-14,17H,5-6,8,15H2,1-4H3,(H,26,28). The molecule has 30 heavy (non-hydrogen) atoms. The van der Waals surface area contributed by atoms with E-state index < -0.39 is 0 Å². The van der Waals surface area contributed by atoms with Crippen LogP contribution in [0.2, 0.25) is 0 Å². The van der Waals surface area contributed by atoms with E-state index in [1.165, 1.54) is 0 Å². The zero-order valence-electron chi connectivity index (χ0n) is 18.1. The fourth-order valence-corrected chi connectivity index (χ4v) is 3.42. The van der Waals surface area contributed by atoms with Crippen LogP contribution in [0.5, 0.6) is 5.75 Å². The smallest absolute Gasteiger partial charge is 0.255 e. The topological polar surface area (TPSA) is 76.7 Å². The number of rotatable bonds is 9. The first-order valence-corrected chi connectivity index (χ1v) is 10.4. The van der Waals surface area contributed by atoms with Gasteiger partial charge in [0.25, 0.3) is 5.91 Å². The largest absolute Gasteiger partial charge is 0.497 e. The number of carbonyl (C=O) groups excluding carboxylic acids is 1. The number of benzene rings is 2. The van der Waals surface area contributed by atoms with Gasteiger partial charge >= 0.3 is 0 Å². The summed E-state index contributed by atoms with van der Waals surface area (Å²) < 4.78 is 11.2. The summed E-state index contributed by atoms with van der Waals surface area (Å²) in [6.07, 6.45) is 3.59. The van der Waals surface area contributed by atoms with E-state index in [0.29, 0.717) is 22.6 Å². The van der Waals surface area contributed by atoms with E-state index in [1.54, 1.807) is 13.2 Å². The lowest BCUT2D eigenvalue weighted by atomic mass is 10.0. The SMILES string of the molecule is CCCC(CC(CC)NC(=O)c1cccc2nc(-c3ccc(OC)cc3)oc12)=NC. The maximum absolute atomic E-state index is 13.0. The molecule has 0 spiro atoms. The predicted octanol–water partition coefficient (Wildman–Crippen LogP) is 5.27. The number of hydrogen-bond acceptors (Lipinski definition) is 5. The van der Waals surface area contributed by atoms with Crippen LogP contribution in [-0.4, -0.2) is 36.8 Å². The molecule has 1 atom stereocenters. The van der Waals surface area contributed by atoms with Crippen molar-refractivity contribution in [1.29, 1.82) is 0 Å². The van der Waals surface area contributed by atoms with E-state index in [-0.39, 0.29) is 11.9 Å². The molecule has 1 N–H and O–H groups in total. The Balaban J connectivity index is 1.84. The van der Waals surface area contributed by atoms with Crippen LogP contribution in [0.15, 0.2) is 51.9 Å². The Bertz CT molecular complexity index is 1020. The molecule has 1 aromatic heterocycles. The Kier molecular flexibility index (Phi) is 7.22. The number of nitrogens with zero attached hydrogens (tertiary/aromatic N) is 2. The summed E-state index contributed by atoms with van der Waals surface area (Å²) in [5.41, 5.74) is 3.60. The van der Waals surface area contributed by atoms with Gasteiger partial charge in [-0.05, 0) is 49.2 Å². The lowest BCUT2D eigenvalue weighted by Gasteiger charge is -2.18. The molecule has 0 aliphatic rings. The molecule has 0 fully saturated rings. The molecule has 3 rings (SSSR count). The molecule has 1 unspecified atom stereocenters. The monoisotopic (exact) mass is 407 g/mol. The minimum absolute atomic E-state index is 0.0296. The Morgan fingerprint density at radius 1 is 1.20 bits per heavy atom. The number of hydrogen-bond donors (Lipinski definition) is 1. The van der Waals surface area contributed by atoms with Gasteiger partial charge in [-0.2, -0.15) is 0 Å². The van der Waals surface area contributed by atoms with Crippen LogP contribution in [0.4, 0.5) is 0 Å². The van der Waals surface area contributed by atoms with Gasteiger partial charge in [-0.25, -0.2) is 4.98 Å². The highest BCUT2D eigenvalue weighted by molar-refractivity contribution is 6.04. The molecule has 0 saturated heterocycles. The molecule has 1 heterocycles. The van der Waals surface area contributed by atoms with E-state index >= 15 is 0 Å². The van der Waals surface area contributed by atoms with Crippen LogP contribution >= 0.6 is 0 Å². The molecule has 2 aromatic carbocycles. The minimum atomic E-state index is -0.156. The fourth-order valence-electron chi connectivity index (χ4n) is 3.42. The number of fused-ring (bicyclic) bond motifs is 1. The third-order valence-corrected chi connectivity index (χ3v) is 5.16. The highest BCUT2D eigenvalue weighted by Gasteiger charge is 2.19. The van der Waals surface area contributed by atoms with Crippen LogP contribution in [0.1, 0.15) is 49.9 Å². The van der Waals surface area contributed by atoms with Crippen LogP contribution in [0, 0.1) is 0 Å². The molecular weight excluding hydrogens is 378 g/mol. The Morgan fingerprint density at radius 3 is 2.60 bits per heavy atom. The molecule has 1 amide bonds. The number of carbonyl (C=O) groups is 1. The number of aromatic nitrogens is 1. The van der Waals surface area contributed by atoms with Crippen molar-refractivity contribution in [3.05, 3.63) is 48.0 Å². The molecule has 0 aliphatic carbocycles. The van der Waals surface area contributed by atoms with Gasteiger partial charge in [-0.15, -0.1) is 0 Å². The fraction of sp³-hybridized carbons (Fsp3) is 0.375. The molecule has 158 valence electrons. The Labute approximate surface area is 177 Å². The average molecular weight is 408 g/mol. The zero-order chi connectivity index (χ0) is 21.5. The van der Waals surface area contributed by atoms with E-state index in [4.69, 9.17) is 9.15 Å². The Hall–Kier alpha value is -3.15.